The van der Waals surface area contributed by atoms with Gasteiger partial charge in [-0.15, -0.1) is 0 Å². The van der Waals surface area contributed by atoms with E-state index in [1.807, 2.05) is 12.1 Å². The second-order valence-electron chi connectivity index (χ2n) is 8.67. The van der Waals surface area contributed by atoms with Crippen LogP contribution in [0.3, 0.4) is 0 Å². The van der Waals surface area contributed by atoms with Gasteiger partial charge in [-0.1, -0.05) is 71.8 Å². The average molecular weight is 444 g/mol. The molecule has 0 aliphatic rings. The Hall–Kier alpha value is -3.15. The molecule has 5 heteroatoms. The maximum atomic E-state index is 9.16. The van der Waals surface area contributed by atoms with Gasteiger partial charge >= 0.3 is 0 Å². The Morgan fingerprint density at radius 3 is 2.03 bits per heavy atom. The van der Waals surface area contributed by atoms with Crippen molar-refractivity contribution in [2.75, 3.05) is 26.9 Å². The number of nitrogens with one attached hydrogen (secondary N) is 1. The molecule has 4 rings (SSSR count). The van der Waals surface area contributed by atoms with E-state index in [2.05, 4.69) is 83.6 Å². The number of ether oxygens (including phenoxy) is 2. The molecule has 5 nitrogen and oxygen atoms in total. The van der Waals surface area contributed by atoms with E-state index in [-0.39, 0.29) is 6.04 Å². The van der Waals surface area contributed by atoms with E-state index >= 15 is 0 Å². The first-order chi connectivity index (χ1) is 16.1. The van der Waals surface area contributed by atoms with Crippen LogP contribution in [0, 0.1) is 19.3 Å². The van der Waals surface area contributed by atoms with E-state index in [0.29, 0.717) is 32.0 Å². The minimum absolute atomic E-state index is 0.00114. The van der Waals surface area contributed by atoms with Crippen LogP contribution >= 0.6 is 0 Å². The molecule has 0 amide bonds. The zero-order valence-electron chi connectivity index (χ0n) is 19.8. The first-order valence-electron chi connectivity index (χ1n) is 11.5. The fourth-order valence-electron chi connectivity index (χ4n) is 4.24. The molecule has 0 unspecified atom stereocenters. The summed E-state index contributed by atoms with van der Waals surface area (Å²) in [7, 11) is 1.68. The van der Waals surface area contributed by atoms with Crippen molar-refractivity contribution in [3.8, 4) is 0 Å². The van der Waals surface area contributed by atoms with Crippen LogP contribution in [0.15, 0.2) is 72.8 Å². The quantitative estimate of drug-likeness (QED) is 0.349. The Balaban J connectivity index is 1.74. The van der Waals surface area contributed by atoms with Gasteiger partial charge in [-0.05, 0) is 43.5 Å². The fraction of sp³-hybridized carbons (Fsp3) is 0.321. The van der Waals surface area contributed by atoms with E-state index < -0.39 is 0 Å². The number of rotatable bonds is 10. The summed E-state index contributed by atoms with van der Waals surface area (Å²) in [5, 5.41) is 9.16. The Bertz CT molecular complexity index is 1240. The van der Waals surface area contributed by atoms with Crippen LogP contribution in [0.2, 0.25) is 0 Å². The number of fused-ring (bicyclic) bond motifs is 1. The molecule has 1 aromatic heterocycles. The molecule has 1 atom stereocenters. The van der Waals surface area contributed by atoms with E-state index in [0.717, 1.165) is 17.5 Å². The van der Waals surface area contributed by atoms with Crippen molar-refractivity contribution in [3.63, 3.8) is 0 Å². The minimum atomic E-state index is 0.00114. The molecule has 1 heterocycles. The SMILES string of the molecule is COCCOC[C@H](Cc1ccc(C)cc1)n1c(=N)n(Cc2ccc(C)cc2)c2ccccc21. The highest BCUT2D eigenvalue weighted by Gasteiger charge is 2.20. The second kappa shape index (κ2) is 10.6. The van der Waals surface area contributed by atoms with Crippen molar-refractivity contribution < 1.29 is 9.47 Å². The minimum Gasteiger partial charge on any atom is -0.382 e. The van der Waals surface area contributed by atoms with Crippen LogP contribution in [0.5, 0.6) is 0 Å². The van der Waals surface area contributed by atoms with E-state index in [9.17, 15) is 0 Å². The van der Waals surface area contributed by atoms with Crippen LogP contribution in [-0.4, -0.2) is 36.1 Å². The van der Waals surface area contributed by atoms with Crippen LogP contribution in [0.1, 0.15) is 28.3 Å². The van der Waals surface area contributed by atoms with Gasteiger partial charge in [0.1, 0.15) is 0 Å². The molecule has 172 valence electrons. The lowest BCUT2D eigenvalue weighted by Crippen LogP contribution is -2.31. The third-order valence-electron chi connectivity index (χ3n) is 6.08. The molecule has 3 aromatic carbocycles. The summed E-state index contributed by atoms with van der Waals surface area (Å²) < 4.78 is 15.4. The van der Waals surface area contributed by atoms with E-state index in [1.165, 1.54) is 22.3 Å². The standard InChI is InChI=1S/C28H33N3O2/c1-21-8-12-23(13-9-21)18-25(20-33-17-16-32-3)31-27-7-5-4-6-26(27)30(28(31)29)19-24-14-10-22(2)11-15-24/h4-15,25,29H,16-20H2,1-3H3/t25-/m0/s1. The lowest BCUT2D eigenvalue weighted by Gasteiger charge is -2.20. The lowest BCUT2D eigenvalue weighted by molar-refractivity contribution is 0.0531. The molecule has 0 fully saturated rings. The number of nitrogens with zero attached hydrogens (tertiary/aromatic N) is 2. The molecular weight excluding hydrogens is 410 g/mol. The first kappa shape index (κ1) is 23.0. The molecule has 0 bridgehead atoms. The van der Waals surface area contributed by atoms with Gasteiger partial charge in [0.05, 0.1) is 43.4 Å². The molecule has 0 saturated carbocycles. The van der Waals surface area contributed by atoms with Gasteiger partial charge < -0.3 is 18.6 Å². The molecule has 0 radical (unpaired) electrons. The summed E-state index contributed by atoms with van der Waals surface area (Å²) in [5.41, 5.74) is 7.52. The van der Waals surface area contributed by atoms with Crippen LogP contribution in [0.4, 0.5) is 0 Å². The van der Waals surface area contributed by atoms with Crippen molar-refractivity contribution in [3.05, 3.63) is 101 Å². The third kappa shape index (κ3) is 5.44. The molecule has 4 aromatic rings. The summed E-state index contributed by atoms with van der Waals surface area (Å²) in [4.78, 5) is 0. The van der Waals surface area contributed by atoms with Crippen LogP contribution in [-0.2, 0) is 22.4 Å². The molecule has 0 aliphatic carbocycles. The van der Waals surface area contributed by atoms with Gasteiger partial charge in [0, 0.05) is 7.11 Å². The Kier molecular flexibility index (Phi) is 7.43. The number of aryl methyl sites for hydroxylation is 2. The molecule has 1 N–H and O–H groups in total. The predicted molar refractivity (Wildman–Crippen MR) is 133 cm³/mol. The summed E-state index contributed by atoms with van der Waals surface area (Å²) >= 11 is 0. The van der Waals surface area contributed by atoms with Gasteiger partial charge in [-0.2, -0.15) is 0 Å². The molecule has 33 heavy (non-hydrogen) atoms. The fourth-order valence-corrected chi connectivity index (χ4v) is 4.24. The number of benzene rings is 3. The number of imidazole rings is 1. The topological polar surface area (TPSA) is 52.2 Å². The van der Waals surface area contributed by atoms with E-state index in [4.69, 9.17) is 14.9 Å². The number of hydrogen-bond donors (Lipinski definition) is 1. The zero-order chi connectivity index (χ0) is 23.2. The Morgan fingerprint density at radius 2 is 1.39 bits per heavy atom. The van der Waals surface area contributed by atoms with Gasteiger partial charge in [0.2, 0.25) is 5.62 Å². The Morgan fingerprint density at radius 1 is 0.788 bits per heavy atom. The van der Waals surface area contributed by atoms with Crippen molar-refractivity contribution in [1.82, 2.24) is 9.13 Å². The van der Waals surface area contributed by atoms with Crippen molar-refractivity contribution in [2.45, 2.75) is 32.9 Å². The lowest BCUT2D eigenvalue weighted by atomic mass is 10.0. The summed E-state index contributed by atoms with van der Waals surface area (Å²) in [6.07, 6.45) is 0.794. The highest BCUT2D eigenvalue weighted by molar-refractivity contribution is 5.76. The predicted octanol–water partition coefficient (Wildman–Crippen LogP) is 5.03. The molecular formula is C28H33N3O2. The third-order valence-corrected chi connectivity index (χ3v) is 6.08. The largest absolute Gasteiger partial charge is 0.382 e. The summed E-state index contributed by atoms with van der Waals surface area (Å²) in [6.45, 7) is 6.48. The first-order valence-corrected chi connectivity index (χ1v) is 11.5. The van der Waals surface area contributed by atoms with E-state index in [1.54, 1.807) is 7.11 Å². The monoisotopic (exact) mass is 443 g/mol. The van der Waals surface area contributed by atoms with Crippen molar-refractivity contribution in [1.29, 1.82) is 5.41 Å². The smallest absolute Gasteiger partial charge is 0.203 e. The number of methoxy groups -OCH3 is 1. The maximum absolute atomic E-state index is 9.16. The average Bonchev–Trinajstić information content (AvgIpc) is 3.10. The van der Waals surface area contributed by atoms with Crippen molar-refractivity contribution >= 4 is 11.0 Å². The Labute approximate surface area is 195 Å². The maximum Gasteiger partial charge on any atom is 0.203 e. The van der Waals surface area contributed by atoms with Crippen LogP contribution in [0.25, 0.3) is 11.0 Å². The van der Waals surface area contributed by atoms with Crippen molar-refractivity contribution in [2.24, 2.45) is 0 Å². The summed E-state index contributed by atoms with van der Waals surface area (Å²) in [6, 6.07) is 25.5. The van der Waals surface area contributed by atoms with Crippen LogP contribution < -0.4 is 5.62 Å². The number of para-hydroxylation sites is 2. The van der Waals surface area contributed by atoms with Gasteiger partial charge in [-0.3, -0.25) is 5.41 Å². The highest BCUT2D eigenvalue weighted by Crippen LogP contribution is 2.22. The number of hydrogen-bond acceptors (Lipinski definition) is 3. The van der Waals surface area contributed by atoms with Gasteiger partial charge in [0.15, 0.2) is 0 Å². The zero-order valence-corrected chi connectivity index (χ0v) is 19.8. The van der Waals surface area contributed by atoms with Gasteiger partial charge in [-0.25, -0.2) is 0 Å². The second-order valence-corrected chi connectivity index (χ2v) is 8.67. The normalized spacial score (nSPS) is 12.3. The molecule has 0 spiro atoms. The summed E-state index contributed by atoms with van der Waals surface area (Å²) in [5.74, 6) is 0. The highest BCUT2D eigenvalue weighted by atomic mass is 16.5. The molecule has 0 saturated heterocycles. The van der Waals surface area contributed by atoms with Gasteiger partial charge in [0.25, 0.3) is 0 Å². The number of aromatic nitrogens is 2. The molecule has 0 aliphatic heterocycles.